The van der Waals surface area contributed by atoms with Crippen molar-refractivity contribution in [2.24, 2.45) is 0 Å². The molecule has 0 aliphatic heterocycles. The summed E-state index contributed by atoms with van der Waals surface area (Å²) in [6.07, 6.45) is 13.5. The first-order valence-electron chi connectivity index (χ1n) is 6.66. The van der Waals surface area contributed by atoms with Crippen LogP contribution in [0.15, 0.2) is 49.6 Å². The van der Waals surface area contributed by atoms with Gasteiger partial charge in [-0.3, -0.25) is 0 Å². The van der Waals surface area contributed by atoms with Gasteiger partial charge in [0.25, 0.3) is 0 Å². The summed E-state index contributed by atoms with van der Waals surface area (Å²) in [4.78, 5) is 0. The SMILES string of the molecule is C=CCOC/C=C\CCOCC/C=C/COCC=C. The predicted octanol–water partition coefficient (Wildman–Crippen LogP) is 3.30. The lowest BCUT2D eigenvalue weighted by Crippen LogP contribution is -1.95. The molecule has 0 atom stereocenters. The van der Waals surface area contributed by atoms with Crippen molar-refractivity contribution in [1.29, 1.82) is 0 Å². The molecule has 0 rings (SSSR count). The van der Waals surface area contributed by atoms with E-state index in [0.717, 1.165) is 26.1 Å². The summed E-state index contributed by atoms with van der Waals surface area (Å²) in [5, 5.41) is 0. The zero-order valence-corrected chi connectivity index (χ0v) is 11.8. The lowest BCUT2D eigenvalue weighted by molar-refractivity contribution is 0.143. The van der Waals surface area contributed by atoms with Crippen molar-refractivity contribution in [2.75, 3.05) is 39.6 Å². The van der Waals surface area contributed by atoms with E-state index in [-0.39, 0.29) is 0 Å². The largest absolute Gasteiger partial charge is 0.381 e. The molecule has 0 radical (unpaired) electrons. The zero-order valence-electron chi connectivity index (χ0n) is 11.8. The Kier molecular flexibility index (Phi) is 15.8. The van der Waals surface area contributed by atoms with E-state index in [1.807, 2.05) is 12.2 Å². The van der Waals surface area contributed by atoms with Crippen LogP contribution in [-0.2, 0) is 14.2 Å². The molecule has 0 amide bonds. The second kappa shape index (κ2) is 16.8. The molecule has 0 heterocycles. The van der Waals surface area contributed by atoms with Gasteiger partial charge in [-0.15, -0.1) is 13.2 Å². The van der Waals surface area contributed by atoms with Crippen LogP contribution < -0.4 is 0 Å². The van der Waals surface area contributed by atoms with Crippen LogP contribution in [0.25, 0.3) is 0 Å². The summed E-state index contributed by atoms with van der Waals surface area (Å²) in [7, 11) is 0. The van der Waals surface area contributed by atoms with Crippen molar-refractivity contribution < 1.29 is 14.2 Å². The molecule has 0 spiro atoms. The molecule has 0 N–H and O–H groups in total. The number of rotatable bonds is 14. The van der Waals surface area contributed by atoms with E-state index >= 15 is 0 Å². The smallest absolute Gasteiger partial charge is 0.0651 e. The van der Waals surface area contributed by atoms with Gasteiger partial charge in [0.15, 0.2) is 0 Å². The third-order valence-electron chi connectivity index (χ3n) is 2.09. The number of hydrogen-bond acceptors (Lipinski definition) is 3. The third kappa shape index (κ3) is 16.8. The summed E-state index contributed by atoms with van der Waals surface area (Å²) in [5.41, 5.74) is 0. The molecule has 19 heavy (non-hydrogen) atoms. The van der Waals surface area contributed by atoms with Gasteiger partial charge in [-0.1, -0.05) is 36.5 Å². The van der Waals surface area contributed by atoms with Gasteiger partial charge in [0.1, 0.15) is 0 Å². The maximum atomic E-state index is 5.47. The molecule has 3 nitrogen and oxygen atoms in total. The second-order valence-electron chi connectivity index (χ2n) is 3.78. The quantitative estimate of drug-likeness (QED) is 0.357. The van der Waals surface area contributed by atoms with Gasteiger partial charge in [0.2, 0.25) is 0 Å². The van der Waals surface area contributed by atoms with E-state index in [4.69, 9.17) is 14.2 Å². The lowest BCUT2D eigenvalue weighted by atomic mass is 10.4. The van der Waals surface area contributed by atoms with Gasteiger partial charge in [-0.2, -0.15) is 0 Å². The molecule has 0 fully saturated rings. The van der Waals surface area contributed by atoms with Crippen molar-refractivity contribution >= 4 is 0 Å². The summed E-state index contributed by atoms with van der Waals surface area (Å²) in [6.45, 7) is 11.1. The Bertz CT molecular complexity index is 231. The summed E-state index contributed by atoms with van der Waals surface area (Å²) in [5.74, 6) is 0. The van der Waals surface area contributed by atoms with Crippen molar-refractivity contribution in [1.82, 2.24) is 0 Å². The standard InChI is InChI=1S/C16H26O3/c1-3-11-17-13-7-5-9-15-19-16-10-6-8-14-18-12-4-2/h3-8H,1-2,9-16H2/b7-5-,8-6+. The molecule has 0 saturated carbocycles. The first-order chi connectivity index (χ1) is 9.41. The zero-order chi connectivity index (χ0) is 14.0. The Hall–Kier alpha value is -1.16. The van der Waals surface area contributed by atoms with Crippen LogP contribution in [0.4, 0.5) is 0 Å². The van der Waals surface area contributed by atoms with Crippen LogP contribution >= 0.6 is 0 Å². The Labute approximate surface area is 117 Å². The van der Waals surface area contributed by atoms with Gasteiger partial charge in [-0.25, -0.2) is 0 Å². The molecule has 0 aromatic rings. The van der Waals surface area contributed by atoms with Gasteiger partial charge >= 0.3 is 0 Å². The monoisotopic (exact) mass is 266 g/mol. The lowest BCUT2D eigenvalue weighted by Gasteiger charge is -1.99. The van der Waals surface area contributed by atoms with Crippen molar-refractivity contribution in [2.45, 2.75) is 12.8 Å². The third-order valence-corrected chi connectivity index (χ3v) is 2.09. The molecule has 0 unspecified atom stereocenters. The highest BCUT2D eigenvalue weighted by atomic mass is 16.5. The summed E-state index contributed by atoms with van der Waals surface area (Å²) >= 11 is 0. The predicted molar refractivity (Wildman–Crippen MR) is 80.4 cm³/mol. The van der Waals surface area contributed by atoms with Crippen LogP contribution in [-0.4, -0.2) is 39.6 Å². The average Bonchev–Trinajstić information content (AvgIpc) is 2.43. The normalized spacial score (nSPS) is 11.4. The molecule has 108 valence electrons. The van der Waals surface area contributed by atoms with Gasteiger partial charge in [0.05, 0.1) is 39.6 Å². The molecule has 3 heteroatoms. The fourth-order valence-corrected chi connectivity index (χ4v) is 1.22. The van der Waals surface area contributed by atoms with Crippen LogP contribution in [0.1, 0.15) is 12.8 Å². The van der Waals surface area contributed by atoms with Crippen molar-refractivity contribution in [3.8, 4) is 0 Å². The molecule has 0 aromatic carbocycles. The van der Waals surface area contributed by atoms with E-state index in [9.17, 15) is 0 Å². The minimum absolute atomic E-state index is 0.601. The Balaban J connectivity index is 3.13. The van der Waals surface area contributed by atoms with Gasteiger partial charge in [-0.05, 0) is 12.8 Å². The Morgan fingerprint density at radius 1 is 0.579 bits per heavy atom. The summed E-state index contributed by atoms with van der Waals surface area (Å²) < 4.78 is 15.9. The Morgan fingerprint density at radius 2 is 1.05 bits per heavy atom. The maximum Gasteiger partial charge on any atom is 0.0651 e. The molecule has 0 aromatic heterocycles. The highest BCUT2D eigenvalue weighted by Gasteiger charge is 1.85. The first-order valence-corrected chi connectivity index (χ1v) is 6.66. The van der Waals surface area contributed by atoms with E-state index < -0.39 is 0 Å². The highest BCUT2D eigenvalue weighted by Crippen LogP contribution is 1.90. The molecular formula is C16H26O3. The fraction of sp³-hybridized carbons (Fsp3) is 0.500. The maximum absolute atomic E-state index is 5.47. The number of hydrogen-bond donors (Lipinski definition) is 0. The first kappa shape index (κ1) is 17.8. The van der Waals surface area contributed by atoms with E-state index in [0.29, 0.717) is 26.4 Å². The average molecular weight is 266 g/mol. The summed E-state index contributed by atoms with van der Waals surface area (Å²) in [6, 6.07) is 0. The van der Waals surface area contributed by atoms with Gasteiger partial charge in [0, 0.05) is 0 Å². The molecule has 0 aliphatic carbocycles. The van der Waals surface area contributed by atoms with Gasteiger partial charge < -0.3 is 14.2 Å². The van der Waals surface area contributed by atoms with Crippen LogP contribution in [0.2, 0.25) is 0 Å². The molecular weight excluding hydrogens is 240 g/mol. The minimum atomic E-state index is 0.601. The molecule has 0 bridgehead atoms. The highest BCUT2D eigenvalue weighted by molar-refractivity contribution is 4.83. The topological polar surface area (TPSA) is 27.7 Å². The number of ether oxygens (including phenoxy) is 3. The minimum Gasteiger partial charge on any atom is -0.381 e. The van der Waals surface area contributed by atoms with Crippen molar-refractivity contribution in [3.63, 3.8) is 0 Å². The molecule has 0 aliphatic rings. The van der Waals surface area contributed by atoms with Crippen LogP contribution in [0, 0.1) is 0 Å². The van der Waals surface area contributed by atoms with E-state index in [2.05, 4.69) is 25.3 Å². The Morgan fingerprint density at radius 3 is 1.47 bits per heavy atom. The molecule has 0 saturated heterocycles. The van der Waals surface area contributed by atoms with Crippen LogP contribution in [0.3, 0.4) is 0 Å². The second-order valence-corrected chi connectivity index (χ2v) is 3.78. The van der Waals surface area contributed by atoms with Crippen LogP contribution in [0.5, 0.6) is 0 Å². The van der Waals surface area contributed by atoms with E-state index in [1.54, 1.807) is 12.2 Å². The fourth-order valence-electron chi connectivity index (χ4n) is 1.22. The van der Waals surface area contributed by atoms with Crippen molar-refractivity contribution in [3.05, 3.63) is 49.6 Å². The van der Waals surface area contributed by atoms with E-state index in [1.165, 1.54) is 0 Å².